The van der Waals surface area contributed by atoms with Gasteiger partial charge >= 0.3 is 0 Å². The van der Waals surface area contributed by atoms with Crippen molar-refractivity contribution in [2.75, 3.05) is 5.32 Å². The zero-order valence-electron chi connectivity index (χ0n) is 10.3. The van der Waals surface area contributed by atoms with E-state index in [0.29, 0.717) is 17.1 Å². The van der Waals surface area contributed by atoms with E-state index in [1.165, 1.54) is 24.9 Å². The molecule has 3 aromatic rings. The highest BCUT2D eigenvalue weighted by Gasteiger charge is 2.07. The summed E-state index contributed by atoms with van der Waals surface area (Å²) in [6, 6.07) is 5.21. The van der Waals surface area contributed by atoms with Gasteiger partial charge in [-0.05, 0) is 18.2 Å². The number of carbonyl (C=O) groups excluding carboxylic acids is 1. The maximum atomic E-state index is 12.0. The van der Waals surface area contributed by atoms with Crippen molar-refractivity contribution in [2.24, 2.45) is 0 Å². The molecule has 20 heavy (non-hydrogen) atoms. The van der Waals surface area contributed by atoms with E-state index in [-0.39, 0.29) is 5.91 Å². The Labute approximate surface area is 114 Å². The highest BCUT2D eigenvalue weighted by molar-refractivity contribution is 6.03. The van der Waals surface area contributed by atoms with Crippen LogP contribution in [0.3, 0.4) is 0 Å². The van der Waals surface area contributed by atoms with Gasteiger partial charge < -0.3 is 5.32 Å². The van der Waals surface area contributed by atoms with Crippen LogP contribution in [0.2, 0.25) is 0 Å². The van der Waals surface area contributed by atoms with Crippen molar-refractivity contribution >= 4 is 11.6 Å². The van der Waals surface area contributed by atoms with Gasteiger partial charge in [-0.25, -0.2) is 19.6 Å². The standard InChI is InChI=1S/C13H10N6O/c20-13(18-11-7-14-9-15-8-11)10-2-3-12(16-6-10)19-5-1-4-17-19/h1-9H,(H,18,20). The third-order valence-corrected chi connectivity index (χ3v) is 2.57. The molecule has 0 bridgehead atoms. The van der Waals surface area contributed by atoms with Crippen molar-refractivity contribution in [3.8, 4) is 5.82 Å². The maximum Gasteiger partial charge on any atom is 0.257 e. The van der Waals surface area contributed by atoms with Crippen LogP contribution in [0.25, 0.3) is 5.82 Å². The summed E-state index contributed by atoms with van der Waals surface area (Å²) >= 11 is 0. The molecule has 3 aromatic heterocycles. The minimum absolute atomic E-state index is 0.265. The van der Waals surface area contributed by atoms with Crippen LogP contribution >= 0.6 is 0 Å². The Balaban J connectivity index is 1.76. The largest absolute Gasteiger partial charge is 0.319 e. The van der Waals surface area contributed by atoms with Crippen LogP contribution < -0.4 is 5.32 Å². The first-order chi connectivity index (χ1) is 9.83. The van der Waals surface area contributed by atoms with Crippen LogP contribution in [0, 0.1) is 0 Å². The molecule has 3 heterocycles. The molecule has 1 N–H and O–H groups in total. The van der Waals surface area contributed by atoms with Crippen LogP contribution in [-0.2, 0) is 0 Å². The predicted octanol–water partition coefficient (Wildman–Crippen LogP) is 1.31. The maximum absolute atomic E-state index is 12.0. The number of hydrogen-bond acceptors (Lipinski definition) is 5. The lowest BCUT2D eigenvalue weighted by Crippen LogP contribution is -2.13. The van der Waals surface area contributed by atoms with Gasteiger partial charge in [0.15, 0.2) is 5.82 Å². The lowest BCUT2D eigenvalue weighted by atomic mass is 10.2. The van der Waals surface area contributed by atoms with Gasteiger partial charge in [0.25, 0.3) is 5.91 Å². The first-order valence-electron chi connectivity index (χ1n) is 5.85. The lowest BCUT2D eigenvalue weighted by Gasteiger charge is -2.05. The van der Waals surface area contributed by atoms with Gasteiger partial charge in [-0.3, -0.25) is 4.79 Å². The molecule has 0 aliphatic carbocycles. The predicted molar refractivity (Wildman–Crippen MR) is 71.3 cm³/mol. The molecule has 0 saturated carbocycles. The van der Waals surface area contributed by atoms with Crippen LogP contribution in [0.5, 0.6) is 0 Å². The lowest BCUT2D eigenvalue weighted by molar-refractivity contribution is 0.102. The Morgan fingerprint density at radius 1 is 1.15 bits per heavy atom. The Bertz CT molecular complexity index is 693. The third kappa shape index (κ3) is 2.51. The van der Waals surface area contributed by atoms with Crippen molar-refractivity contribution in [3.05, 3.63) is 61.1 Å². The zero-order chi connectivity index (χ0) is 13.8. The second-order valence-corrected chi connectivity index (χ2v) is 3.94. The second-order valence-electron chi connectivity index (χ2n) is 3.94. The monoisotopic (exact) mass is 266 g/mol. The Kier molecular flexibility index (Phi) is 3.15. The van der Waals surface area contributed by atoms with Crippen molar-refractivity contribution in [2.45, 2.75) is 0 Å². The summed E-state index contributed by atoms with van der Waals surface area (Å²) in [5, 5.41) is 6.75. The van der Waals surface area contributed by atoms with Crippen LogP contribution in [0.15, 0.2) is 55.5 Å². The Morgan fingerprint density at radius 2 is 2.00 bits per heavy atom. The summed E-state index contributed by atoms with van der Waals surface area (Å²) in [6.07, 6.45) is 9.39. The number of aromatic nitrogens is 5. The van der Waals surface area contributed by atoms with Gasteiger partial charge in [0.05, 0.1) is 23.6 Å². The zero-order valence-corrected chi connectivity index (χ0v) is 10.3. The summed E-state index contributed by atoms with van der Waals surface area (Å²) in [6.45, 7) is 0. The van der Waals surface area contributed by atoms with Crippen molar-refractivity contribution in [1.82, 2.24) is 24.7 Å². The molecule has 0 aliphatic heterocycles. The van der Waals surface area contributed by atoms with E-state index in [9.17, 15) is 4.79 Å². The van der Waals surface area contributed by atoms with Crippen LogP contribution in [0.1, 0.15) is 10.4 Å². The Hall–Kier alpha value is -3.09. The van der Waals surface area contributed by atoms with E-state index >= 15 is 0 Å². The molecule has 1 amide bonds. The van der Waals surface area contributed by atoms with Crippen molar-refractivity contribution in [3.63, 3.8) is 0 Å². The van der Waals surface area contributed by atoms with Gasteiger partial charge in [0, 0.05) is 18.6 Å². The summed E-state index contributed by atoms with van der Waals surface area (Å²) in [5.41, 5.74) is 0.985. The molecule has 0 atom stereocenters. The van der Waals surface area contributed by atoms with E-state index in [1.54, 1.807) is 35.3 Å². The smallest absolute Gasteiger partial charge is 0.257 e. The van der Waals surface area contributed by atoms with Crippen LogP contribution in [0.4, 0.5) is 5.69 Å². The van der Waals surface area contributed by atoms with Gasteiger partial charge in [0.2, 0.25) is 0 Å². The van der Waals surface area contributed by atoms with E-state index in [2.05, 4.69) is 25.4 Å². The average molecular weight is 266 g/mol. The van der Waals surface area contributed by atoms with Gasteiger partial charge in [0.1, 0.15) is 6.33 Å². The summed E-state index contributed by atoms with van der Waals surface area (Å²) in [4.78, 5) is 23.8. The van der Waals surface area contributed by atoms with E-state index in [4.69, 9.17) is 0 Å². The molecule has 0 fully saturated rings. The highest BCUT2D eigenvalue weighted by Crippen LogP contribution is 2.08. The molecule has 7 nitrogen and oxygen atoms in total. The van der Waals surface area contributed by atoms with Crippen molar-refractivity contribution in [1.29, 1.82) is 0 Å². The number of carbonyl (C=O) groups is 1. The minimum atomic E-state index is -0.265. The van der Waals surface area contributed by atoms with E-state index < -0.39 is 0 Å². The topological polar surface area (TPSA) is 85.6 Å². The summed E-state index contributed by atoms with van der Waals surface area (Å²) in [7, 11) is 0. The van der Waals surface area contributed by atoms with Crippen molar-refractivity contribution < 1.29 is 4.79 Å². The average Bonchev–Trinajstić information content (AvgIpc) is 3.03. The molecule has 98 valence electrons. The normalized spacial score (nSPS) is 10.2. The number of nitrogens with zero attached hydrogens (tertiary/aromatic N) is 5. The molecule has 0 aromatic carbocycles. The molecular formula is C13H10N6O. The van der Waals surface area contributed by atoms with E-state index in [1.807, 2.05) is 0 Å². The molecule has 0 spiro atoms. The summed E-state index contributed by atoms with van der Waals surface area (Å²) < 4.78 is 1.62. The highest BCUT2D eigenvalue weighted by atomic mass is 16.1. The quantitative estimate of drug-likeness (QED) is 0.772. The first kappa shape index (κ1) is 12.0. The number of anilines is 1. The first-order valence-corrected chi connectivity index (χ1v) is 5.85. The molecular weight excluding hydrogens is 256 g/mol. The van der Waals surface area contributed by atoms with Gasteiger partial charge in [-0.2, -0.15) is 5.10 Å². The molecule has 0 unspecified atom stereocenters. The fraction of sp³-hybridized carbons (Fsp3) is 0. The molecule has 7 heteroatoms. The number of pyridine rings is 1. The molecule has 0 radical (unpaired) electrons. The Morgan fingerprint density at radius 3 is 2.65 bits per heavy atom. The van der Waals surface area contributed by atoms with Crippen LogP contribution in [-0.4, -0.2) is 30.6 Å². The SMILES string of the molecule is O=C(Nc1cncnc1)c1ccc(-n2cccn2)nc1. The fourth-order valence-corrected chi connectivity index (χ4v) is 1.63. The molecule has 3 rings (SSSR count). The van der Waals surface area contributed by atoms with Gasteiger partial charge in [-0.15, -0.1) is 0 Å². The number of amides is 1. The third-order valence-electron chi connectivity index (χ3n) is 2.57. The molecule has 0 aliphatic rings. The number of nitrogens with one attached hydrogen (secondary N) is 1. The number of hydrogen-bond donors (Lipinski definition) is 1. The minimum Gasteiger partial charge on any atom is -0.319 e. The second kappa shape index (κ2) is 5.27. The fourth-order valence-electron chi connectivity index (χ4n) is 1.63. The van der Waals surface area contributed by atoms with Gasteiger partial charge in [-0.1, -0.05) is 0 Å². The molecule has 0 saturated heterocycles. The summed E-state index contributed by atoms with van der Waals surface area (Å²) in [5.74, 6) is 0.383. The van der Waals surface area contributed by atoms with E-state index in [0.717, 1.165) is 0 Å². The number of rotatable bonds is 3.